The van der Waals surface area contributed by atoms with E-state index in [4.69, 9.17) is 11.6 Å². The van der Waals surface area contributed by atoms with Crippen LogP contribution in [-0.4, -0.2) is 31.1 Å². The van der Waals surface area contributed by atoms with E-state index >= 15 is 0 Å². The van der Waals surface area contributed by atoms with Gasteiger partial charge < -0.3 is 10.2 Å². The minimum absolute atomic E-state index is 0.426. The van der Waals surface area contributed by atoms with Crippen molar-refractivity contribution < 1.29 is 0 Å². The van der Waals surface area contributed by atoms with Gasteiger partial charge in [-0.05, 0) is 57.5 Å². The van der Waals surface area contributed by atoms with Crippen LogP contribution in [-0.2, 0) is 0 Å². The molecule has 2 nitrogen and oxygen atoms in total. The number of nitrogens with one attached hydrogen (secondary N) is 1. The summed E-state index contributed by atoms with van der Waals surface area (Å²) >= 11 is 5.93. The third-order valence-electron chi connectivity index (χ3n) is 4.02. The Hall–Kier alpha value is -0.570. The first-order valence-corrected chi connectivity index (χ1v) is 7.25. The fourth-order valence-electron chi connectivity index (χ4n) is 2.79. The van der Waals surface area contributed by atoms with E-state index in [1.807, 2.05) is 19.2 Å². The van der Waals surface area contributed by atoms with Crippen molar-refractivity contribution in [2.45, 2.75) is 38.3 Å². The van der Waals surface area contributed by atoms with Crippen LogP contribution >= 0.6 is 11.6 Å². The fourth-order valence-corrected chi connectivity index (χ4v) is 2.92. The third-order valence-corrected chi connectivity index (χ3v) is 4.27. The molecule has 1 aromatic rings. The smallest absolute Gasteiger partial charge is 0.0406 e. The SMILES string of the molecule is CNC(CCN1CCCC1C)c1ccc(Cl)cc1. The normalized spacial score (nSPS) is 22.3. The summed E-state index contributed by atoms with van der Waals surface area (Å²) < 4.78 is 0. The van der Waals surface area contributed by atoms with E-state index in [1.54, 1.807) is 0 Å². The first-order chi connectivity index (χ1) is 8.70. The first-order valence-electron chi connectivity index (χ1n) is 6.87. The largest absolute Gasteiger partial charge is 0.313 e. The molecular weight excluding hydrogens is 244 g/mol. The van der Waals surface area contributed by atoms with Crippen LogP contribution in [0.2, 0.25) is 5.02 Å². The highest BCUT2D eigenvalue weighted by Crippen LogP contribution is 2.22. The van der Waals surface area contributed by atoms with Crippen LogP contribution in [0, 0.1) is 0 Å². The molecule has 0 aliphatic carbocycles. The van der Waals surface area contributed by atoms with Crippen LogP contribution in [0.3, 0.4) is 0 Å². The molecule has 1 aromatic carbocycles. The van der Waals surface area contributed by atoms with Crippen LogP contribution in [0.15, 0.2) is 24.3 Å². The summed E-state index contributed by atoms with van der Waals surface area (Å²) in [5.74, 6) is 0. The Kier molecular flexibility index (Phi) is 5.04. The van der Waals surface area contributed by atoms with Gasteiger partial charge in [-0.25, -0.2) is 0 Å². The Morgan fingerprint density at radius 1 is 1.39 bits per heavy atom. The van der Waals surface area contributed by atoms with E-state index in [2.05, 4.69) is 29.3 Å². The number of rotatable bonds is 5. The van der Waals surface area contributed by atoms with Gasteiger partial charge in [-0.15, -0.1) is 0 Å². The summed E-state index contributed by atoms with van der Waals surface area (Å²) in [5.41, 5.74) is 1.33. The predicted octanol–water partition coefficient (Wildman–Crippen LogP) is 3.47. The highest BCUT2D eigenvalue weighted by Gasteiger charge is 2.21. The van der Waals surface area contributed by atoms with E-state index in [-0.39, 0.29) is 0 Å². The fraction of sp³-hybridized carbons (Fsp3) is 0.600. The molecule has 1 aliphatic heterocycles. The maximum Gasteiger partial charge on any atom is 0.0406 e. The van der Waals surface area contributed by atoms with Crippen molar-refractivity contribution in [3.8, 4) is 0 Å². The van der Waals surface area contributed by atoms with E-state index in [1.165, 1.54) is 31.5 Å². The molecule has 1 saturated heterocycles. The van der Waals surface area contributed by atoms with Crippen molar-refractivity contribution in [3.63, 3.8) is 0 Å². The van der Waals surface area contributed by atoms with Crippen molar-refractivity contribution in [1.82, 2.24) is 10.2 Å². The molecule has 3 heteroatoms. The van der Waals surface area contributed by atoms with E-state index < -0.39 is 0 Å². The van der Waals surface area contributed by atoms with Crippen LogP contribution < -0.4 is 5.32 Å². The lowest BCUT2D eigenvalue weighted by atomic mass is 10.0. The number of hydrogen-bond acceptors (Lipinski definition) is 2. The average Bonchev–Trinajstić information content (AvgIpc) is 2.78. The van der Waals surface area contributed by atoms with E-state index in [9.17, 15) is 0 Å². The molecule has 2 unspecified atom stereocenters. The number of likely N-dealkylation sites (tertiary alicyclic amines) is 1. The number of benzene rings is 1. The average molecular weight is 267 g/mol. The van der Waals surface area contributed by atoms with Gasteiger partial charge in [-0.3, -0.25) is 0 Å². The standard InChI is InChI=1S/C15H23ClN2/c1-12-4-3-10-18(12)11-9-15(17-2)13-5-7-14(16)8-6-13/h5-8,12,15,17H,3-4,9-11H2,1-2H3. The summed E-state index contributed by atoms with van der Waals surface area (Å²) in [6, 6.07) is 9.37. The molecule has 0 saturated carbocycles. The van der Waals surface area contributed by atoms with Crippen LogP contribution in [0.25, 0.3) is 0 Å². The van der Waals surface area contributed by atoms with Gasteiger partial charge >= 0.3 is 0 Å². The van der Waals surface area contributed by atoms with Crippen molar-refractivity contribution in [1.29, 1.82) is 0 Å². The molecule has 0 aromatic heterocycles. The summed E-state index contributed by atoms with van der Waals surface area (Å²) in [6.45, 7) is 4.77. The second kappa shape index (κ2) is 6.55. The molecule has 0 amide bonds. The van der Waals surface area contributed by atoms with Crippen molar-refractivity contribution in [3.05, 3.63) is 34.9 Å². The van der Waals surface area contributed by atoms with Crippen molar-refractivity contribution in [2.75, 3.05) is 20.1 Å². The number of hydrogen-bond donors (Lipinski definition) is 1. The van der Waals surface area contributed by atoms with Gasteiger partial charge in [0.05, 0.1) is 0 Å². The summed E-state index contributed by atoms with van der Waals surface area (Å²) in [6.07, 6.45) is 3.86. The molecule has 1 aliphatic rings. The lowest BCUT2D eigenvalue weighted by molar-refractivity contribution is 0.253. The Balaban J connectivity index is 1.91. The summed E-state index contributed by atoms with van der Waals surface area (Å²) in [7, 11) is 2.03. The highest BCUT2D eigenvalue weighted by molar-refractivity contribution is 6.30. The van der Waals surface area contributed by atoms with Gasteiger partial charge in [0.1, 0.15) is 0 Å². The Morgan fingerprint density at radius 2 is 2.11 bits per heavy atom. The van der Waals surface area contributed by atoms with Crippen LogP contribution in [0.1, 0.15) is 37.8 Å². The maximum absolute atomic E-state index is 5.93. The number of nitrogens with zero attached hydrogens (tertiary/aromatic N) is 1. The monoisotopic (exact) mass is 266 g/mol. The Labute approximate surface area is 115 Å². The molecule has 1 fully saturated rings. The first kappa shape index (κ1) is 13.9. The zero-order valence-electron chi connectivity index (χ0n) is 11.3. The maximum atomic E-state index is 5.93. The van der Waals surface area contributed by atoms with Crippen LogP contribution in [0.5, 0.6) is 0 Å². The van der Waals surface area contributed by atoms with E-state index in [0.29, 0.717) is 6.04 Å². The molecule has 0 radical (unpaired) electrons. The highest BCUT2D eigenvalue weighted by atomic mass is 35.5. The molecule has 100 valence electrons. The zero-order chi connectivity index (χ0) is 13.0. The molecule has 2 atom stereocenters. The molecule has 1 N–H and O–H groups in total. The van der Waals surface area contributed by atoms with Crippen molar-refractivity contribution >= 4 is 11.6 Å². The second-order valence-corrected chi connectivity index (χ2v) is 5.65. The molecule has 0 spiro atoms. The second-order valence-electron chi connectivity index (χ2n) is 5.21. The predicted molar refractivity (Wildman–Crippen MR) is 78.1 cm³/mol. The Morgan fingerprint density at radius 3 is 2.67 bits per heavy atom. The molecule has 18 heavy (non-hydrogen) atoms. The van der Waals surface area contributed by atoms with Gasteiger partial charge in [0.25, 0.3) is 0 Å². The summed E-state index contributed by atoms with van der Waals surface area (Å²) in [5, 5.41) is 4.21. The summed E-state index contributed by atoms with van der Waals surface area (Å²) in [4.78, 5) is 2.60. The molecular formula is C15H23ClN2. The molecule has 1 heterocycles. The Bertz CT molecular complexity index is 363. The quantitative estimate of drug-likeness (QED) is 0.878. The number of halogens is 1. The van der Waals surface area contributed by atoms with Crippen LogP contribution in [0.4, 0.5) is 0 Å². The minimum atomic E-state index is 0.426. The topological polar surface area (TPSA) is 15.3 Å². The molecule has 0 bridgehead atoms. The van der Waals surface area contributed by atoms with E-state index in [0.717, 1.165) is 17.5 Å². The third kappa shape index (κ3) is 3.47. The lowest BCUT2D eigenvalue weighted by Gasteiger charge is -2.24. The minimum Gasteiger partial charge on any atom is -0.313 e. The van der Waals surface area contributed by atoms with Gasteiger partial charge in [0.15, 0.2) is 0 Å². The van der Waals surface area contributed by atoms with Gasteiger partial charge in [0, 0.05) is 23.7 Å². The van der Waals surface area contributed by atoms with Gasteiger partial charge in [-0.2, -0.15) is 0 Å². The lowest BCUT2D eigenvalue weighted by Crippen LogP contribution is -2.30. The van der Waals surface area contributed by atoms with Crippen molar-refractivity contribution in [2.24, 2.45) is 0 Å². The zero-order valence-corrected chi connectivity index (χ0v) is 12.1. The molecule has 2 rings (SSSR count). The van der Waals surface area contributed by atoms with Gasteiger partial charge in [0.2, 0.25) is 0 Å². The van der Waals surface area contributed by atoms with Gasteiger partial charge in [-0.1, -0.05) is 23.7 Å².